The molecule has 1 unspecified atom stereocenters. The van der Waals surface area contributed by atoms with Gasteiger partial charge in [0.05, 0.1) is 11.3 Å². The van der Waals surface area contributed by atoms with E-state index in [0.29, 0.717) is 11.7 Å². The van der Waals surface area contributed by atoms with Crippen LogP contribution in [0.15, 0.2) is 12.3 Å². The minimum absolute atomic E-state index is 0.0739. The highest BCUT2D eigenvalue weighted by atomic mass is 16.4. The number of anilines is 2. The Labute approximate surface area is 113 Å². The molecule has 0 spiro atoms. The van der Waals surface area contributed by atoms with Crippen LogP contribution in [-0.2, 0) is 0 Å². The molecule has 1 heterocycles. The molecule has 0 saturated carbocycles. The average molecular weight is 266 g/mol. The Morgan fingerprint density at radius 2 is 2.16 bits per heavy atom. The summed E-state index contributed by atoms with van der Waals surface area (Å²) in [5.41, 5.74) is 6.10. The smallest absolute Gasteiger partial charge is 0.337 e. The van der Waals surface area contributed by atoms with Gasteiger partial charge >= 0.3 is 5.97 Å². The number of carbonyl (C=O) groups is 1. The fraction of sp³-hybridized carbons (Fsp3) is 0.538. The summed E-state index contributed by atoms with van der Waals surface area (Å²) in [7, 11) is 3.98. The van der Waals surface area contributed by atoms with Crippen LogP contribution in [0.5, 0.6) is 0 Å². The number of hydrogen-bond donors (Lipinski definition) is 3. The molecule has 0 fully saturated rings. The normalized spacial score (nSPS) is 12.7. The van der Waals surface area contributed by atoms with E-state index in [1.54, 1.807) is 0 Å². The maximum atomic E-state index is 11.0. The first kappa shape index (κ1) is 15.2. The predicted octanol–water partition coefficient (Wildman–Crippen LogP) is 1.36. The minimum atomic E-state index is -1.04. The topological polar surface area (TPSA) is 91.5 Å². The van der Waals surface area contributed by atoms with Crippen LogP contribution >= 0.6 is 0 Å². The van der Waals surface area contributed by atoms with Crippen molar-refractivity contribution in [1.82, 2.24) is 9.88 Å². The molecule has 1 atom stereocenters. The summed E-state index contributed by atoms with van der Waals surface area (Å²) in [4.78, 5) is 17.2. The van der Waals surface area contributed by atoms with Gasteiger partial charge in [0, 0.05) is 18.8 Å². The van der Waals surface area contributed by atoms with Gasteiger partial charge in [-0.3, -0.25) is 0 Å². The second kappa shape index (κ2) is 6.38. The summed E-state index contributed by atoms with van der Waals surface area (Å²) in [6.45, 7) is 5.01. The van der Waals surface area contributed by atoms with Gasteiger partial charge in [-0.25, -0.2) is 9.78 Å². The van der Waals surface area contributed by atoms with Crippen LogP contribution in [-0.4, -0.2) is 47.6 Å². The van der Waals surface area contributed by atoms with Crippen LogP contribution in [0.2, 0.25) is 0 Å². The summed E-state index contributed by atoms with van der Waals surface area (Å²) in [6, 6.07) is 1.55. The van der Waals surface area contributed by atoms with Crippen molar-refractivity contribution in [3.63, 3.8) is 0 Å². The lowest BCUT2D eigenvalue weighted by Crippen LogP contribution is -2.37. The van der Waals surface area contributed by atoms with E-state index in [1.165, 1.54) is 12.3 Å². The predicted molar refractivity (Wildman–Crippen MR) is 76.4 cm³/mol. The second-order valence-corrected chi connectivity index (χ2v) is 5.18. The minimum Gasteiger partial charge on any atom is -0.478 e. The summed E-state index contributed by atoms with van der Waals surface area (Å²) >= 11 is 0. The van der Waals surface area contributed by atoms with Crippen molar-refractivity contribution >= 4 is 17.5 Å². The molecule has 1 aromatic heterocycles. The van der Waals surface area contributed by atoms with Crippen LogP contribution in [0.1, 0.15) is 24.2 Å². The van der Waals surface area contributed by atoms with Gasteiger partial charge in [-0.2, -0.15) is 0 Å². The number of carboxylic acid groups (broad SMARTS) is 1. The van der Waals surface area contributed by atoms with Gasteiger partial charge in [0.15, 0.2) is 0 Å². The monoisotopic (exact) mass is 266 g/mol. The van der Waals surface area contributed by atoms with E-state index in [2.05, 4.69) is 29.0 Å². The van der Waals surface area contributed by atoms with E-state index < -0.39 is 5.97 Å². The van der Waals surface area contributed by atoms with E-state index >= 15 is 0 Å². The highest BCUT2D eigenvalue weighted by molar-refractivity contribution is 5.96. The third kappa shape index (κ3) is 4.10. The van der Waals surface area contributed by atoms with Crippen molar-refractivity contribution < 1.29 is 9.90 Å². The molecular formula is C13H22N4O2. The SMILES string of the molecule is CC(C)C(CN(C)C)Nc1nccc(C(=O)O)c1N. The fourth-order valence-corrected chi connectivity index (χ4v) is 1.77. The Morgan fingerprint density at radius 3 is 2.63 bits per heavy atom. The fourth-order valence-electron chi connectivity index (χ4n) is 1.77. The molecule has 0 aromatic carbocycles. The number of carboxylic acids is 1. The molecule has 6 nitrogen and oxygen atoms in total. The molecule has 0 aliphatic carbocycles. The molecule has 4 N–H and O–H groups in total. The largest absolute Gasteiger partial charge is 0.478 e. The van der Waals surface area contributed by atoms with E-state index in [-0.39, 0.29) is 17.3 Å². The quantitative estimate of drug-likeness (QED) is 0.720. The summed E-state index contributed by atoms with van der Waals surface area (Å²) < 4.78 is 0. The van der Waals surface area contributed by atoms with E-state index in [1.807, 2.05) is 14.1 Å². The Balaban J connectivity index is 2.97. The van der Waals surface area contributed by atoms with Crippen molar-refractivity contribution in [2.75, 3.05) is 31.7 Å². The molecule has 6 heteroatoms. The number of nitrogens with zero attached hydrogens (tertiary/aromatic N) is 2. The van der Waals surface area contributed by atoms with Crippen LogP contribution < -0.4 is 11.1 Å². The Bertz CT molecular complexity index is 446. The highest BCUT2D eigenvalue weighted by Gasteiger charge is 2.18. The summed E-state index contributed by atoms with van der Waals surface area (Å²) in [6.07, 6.45) is 1.45. The van der Waals surface area contributed by atoms with Gasteiger partial charge in [-0.05, 0) is 26.1 Å². The molecule has 106 valence electrons. The third-order valence-corrected chi connectivity index (χ3v) is 2.91. The standard InChI is InChI=1S/C13H22N4O2/c1-8(2)10(7-17(3)4)16-12-11(14)9(13(18)19)5-6-15-12/h5-6,8,10H,7,14H2,1-4H3,(H,15,16)(H,18,19). The molecule has 0 aliphatic rings. The number of likely N-dealkylation sites (N-methyl/N-ethyl adjacent to an activating group) is 1. The maximum Gasteiger partial charge on any atom is 0.337 e. The number of hydrogen-bond acceptors (Lipinski definition) is 5. The molecule has 0 aliphatic heterocycles. The molecule has 19 heavy (non-hydrogen) atoms. The first-order chi connectivity index (χ1) is 8.82. The van der Waals surface area contributed by atoms with E-state index in [4.69, 9.17) is 10.8 Å². The van der Waals surface area contributed by atoms with Crippen LogP contribution in [0.3, 0.4) is 0 Å². The zero-order chi connectivity index (χ0) is 14.6. The average Bonchev–Trinajstić information content (AvgIpc) is 2.29. The first-order valence-electron chi connectivity index (χ1n) is 6.22. The molecule has 1 rings (SSSR count). The zero-order valence-corrected chi connectivity index (χ0v) is 11.8. The number of aromatic nitrogens is 1. The van der Waals surface area contributed by atoms with Crippen molar-refractivity contribution in [1.29, 1.82) is 0 Å². The maximum absolute atomic E-state index is 11.0. The molecule has 1 aromatic rings. The van der Waals surface area contributed by atoms with Crippen LogP contribution in [0, 0.1) is 5.92 Å². The number of nitrogens with one attached hydrogen (secondary N) is 1. The van der Waals surface area contributed by atoms with Gasteiger partial charge < -0.3 is 21.1 Å². The summed E-state index contributed by atoms with van der Waals surface area (Å²) in [5, 5.41) is 12.3. The van der Waals surface area contributed by atoms with Crippen molar-refractivity contribution in [3.05, 3.63) is 17.8 Å². The molecule has 0 amide bonds. The number of nitrogen functional groups attached to an aromatic ring is 1. The highest BCUT2D eigenvalue weighted by Crippen LogP contribution is 2.22. The van der Waals surface area contributed by atoms with E-state index in [0.717, 1.165) is 6.54 Å². The molecule has 0 saturated heterocycles. The van der Waals surface area contributed by atoms with Gasteiger partial charge in [0.1, 0.15) is 5.82 Å². The number of nitrogens with two attached hydrogens (primary N) is 1. The van der Waals surface area contributed by atoms with Gasteiger partial charge in [0.25, 0.3) is 0 Å². The molecular weight excluding hydrogens is 244 g/mol. The summed E-state index contributed by atoms with van der Waals surface area (Å²) in [5.74, 6) is -0.241. The first-order valence-corrected chi connectivity index (χ1v) is 6.22. The van der Waals surface area contributed by atoms with Crippen molar-refractivity contribution in [3.8, 4) is 0 Å². The lowest BCUT2D eigenvalue weighted by atomic mass is 10.0. The molecule has 0 bridgehead atoms. The van der Waals surface area contributed by atoms with Crippen LogP contribution in [0.25, 0.3) is 0 Å². The Morgan fingerprint density at radius 1 is 1.53 bits per heavy atom. The van der Waals surface area contributed by atoms with Crippen molar-refractivity contribution in [2.24, 2.45) is 5.92 Å². The molecule has 0 radical (unpaired) electrons. The number of rotatable bonds is 6. The third-order valence-electron chi connectivity index (χ3n) is 2.91. The van der Waals surface area contributed by atoms with Gasteiger partial charge in [-0.15, -0.1) is 0 Å². The zero-order valence-electron chi connectivity index (χ0n) is 11.8. The number of aromatic carboxylic acids is 1. The van der Waals surface area contributed by atoms with Gasteiger partial charge in [-0.1, -0.05) is 13.8 Å². The lowest BCUT2D eigenvalue weighted by Gasteiger charge is -2.26. The lowest BCUT2D eigenvalue weighted by molar-refractivity contribution is 0.0698. The number of pyridine rings is 1. The van der Waals surface area contributed by atoms with Crippen molar-refractivity contribution in [2.45, 2.75) is 19.9 Å². The second-order valence-electron chi connectivity index (χ2n) is 5.18. The van der Waals surface area contributed by atoms with E-state index in [9.17, 15) is 4.79 Å². The Kier molecular flexibility index (Phi) is 5.11. The van der Waals surface area contributed by atoms with Crippen LogP contribution in [0.4, 0.5) is 11.5 Å². The Hall–Kier alpha value is -1.82. The van der Waals surface area contributed by atoms with Gasteiger partial charge in [0.2, 0.25) is 0 Å².